The zero-order valence-electron chi connectivity index (χ0n) is 20.1. The van der Waals surface area contributed by atoms with Crippen LogP contribution in [-0.2, 0) is 24.2 Å². The van der Waals surface area contributed by atoms with E-state index in [4.69, 9.17) is 9.72 Å². The summed E-state index contributed by atoms with van der Waals surface area (Å²) in [5.41, 5.74) is 8.25. The highest BCUT2D eigenvalue weighted by Gasteiger charge is 2.26. The summed E-state index contributed by atoms with van der Waals surface area (Å²) in [5, 5.41) is 12.4. The molecule has 4 aromatic rings. The van der Waals surface area contributed by atoms with Crippen LogP contribution >= 0.6 is 0 Å². The lowest BCUT2D eigenvalue weighted by Crippen LogP contribution is -2.37. The van der Waals surface area contributed by atoms with E-state index in [2.05, 4.69) is 49.1 Å². The van der Waals surface area contributed by atoms with Crippen molar-refractivity contribution in [2.45, 2.75) is 57.0 Å². The van der Waals surface area contributed by atoms with Crippen LogP contribution in [0.15, 0.2) is 36.7 Å². The third-order valence-corrected chi connectivity index (χ3v) is 8.06. The zero-order valence-corrected chi connectivity index (χ0v) is 20.9. The summed E-state index contributed by atoms with van der Waals surface area (Å²) in [7, 11) is 1.69. The SMILES string of the molecule is COc1cc2[nH]nc(-c3cnn(C4CCC(N[S+](C)[O-])CC4)c3)c2nc1-c1cccc2c1CCC2. The molecule has 1 fully saturated rings. The number of aryl methyl sites for hydroxylation is 1. The van der Waals surface area contributed by atoms with Crippen LogP contribution in [0.1, 0.15) is 49.3 Å². The van der Waals surface area contributed by atoms with Gasteiger partial charge in [-0.1, -0.05) is 18.2 Å². The van der Waals surface area contributed by atoms with Crippen molar-refractivity contribution in [3.8, 4) is 28.3 Å². The maximum Gasteiger partial charge on any atom is 0.147 e. The topological polar surface area (TPSA) is 104 Å². The molecule has 6 rings (SSSR count). The summed E-state index contributed by atoms with van der Waals surface area (Å²) in [6.45, 7) is 0. The fraction of sp³-hybridized carbons (Fsp3) is 0.423. The molecule has 3 heterocycles. The molecule has 1 saturated carbocycles. The third-order valence-electron chi connectivity index (χ3n) is 7.40. The molecule has 0 aliphatic heterocycles. The van der Waals surface area contributed by atoms with E-state index >= 15 is 0 Å². The van der Waals surface area contributed by atoms with Crippen molar-refractivity contribution in [1.82, 2.24) is 29.7 Å². The molecule has 2 N–H and O–H groups in total. The zero-order chi connectivity index (χ0) is 23.9. The first-order valence-corrected chi connectivity index (χ1v) is 13.8. The van der Waals surface area contributed by atoms with Gasteiger partial charge < -0.3 is 9.29 Å². The van der Waals surface area contributed by atoms with E-state index in [1.165, 1.54) is 17.5 Å². The fourth-order valence-electron chi connectivity index (χ4n) is 5.67. The van der Waals surface area contributed by atoms with E-state index in [1.807, 2.05) is 12.3 Å². The number of fused-ring (bicyclic) bond motifs is 2. The first-order chi connectivity index (χ1) is 17.1. The predicted molar refractivity (Wildman–Crippen MR) is 138 cm³/mol. The van der Waals surface area contributed by atoms with Crippen molar-refractivity contribution in [1.29, 1.82) is 0 Å². The smallest absolute Gasteiger partial charge is 0.147 e. The fourth-order valence-corrected chi connectivity index (χ4v) is 6.38. The van der Waals surface area contributed by atoms with Gasteiger partial charge in [-0.25, -0.2) is 4.98 Å². The van der Waals surface area contributed by atoms with Crippen LogP contribution in [0.5, 0.6) is 5.75 Å². The molecule has 3 aromatic heterocycles. The number of nitrogens with zero attached hydrogens (tertiary/aromatic N) is 4. The van der Waals surface area contributed by atoms with Gasteiger partial charge in [-0.05, 0) is 56.1 Å². The quantitative estimate of drug-likeness (QED) is 0.390. The second kappa shape index (κ2) is 9.29. The number of rotatable bonds is 6. The average Bonchev–Trinajstić information content (AvgIpc) is 3.62. The lowest BCUT2D eigenvalue weighted by molar-refractivity contribution is 0.294. The molecule has 1 aromatic carbocycles. The molecule has 182 valence electrons. The number of ether oxygens (including phenoxy) is 1. The first kappa shape index (κ1) is 22.6. The van der Waals surface area contributed by atoms with E-state index in [0.717, 1.165) is 77.8 Å². The second-order valence-electron chi connectivity index (χ2n) is 9.59. The van der Waals surface area contributed by atoms with Crippen molar-refractivity contribution in [3.63, 3.8) is 0 Å². The summed E-state index contributed by atoms with van der Waals surface area (Å²) >= 11 is -0.967. The largest absolute Gasteiger partial charge is 0.598 e. The first-order valence-electron chi connectivity index (χ1n) is 12.3. The van der Waals surface area contributed by atoms with Gasteiger partial charge in [0.1, 0.15) is 28.9 Å². The molecule has 1 atom stereocenters. The normalized spacial score (nSPS) is 20.8. The van der Waals surface area contributed by atoms with Gasteiger partial charge in [0.15, 0.2) is 0 Å². The molecule has 0 spiro atoms. The van der Waals surface area contributed by atoms with Gasteiger partial charge >= 0.3 is 0 Å². The minimum atomic E-state index is -0.967. The molecule has 9 heteroatoms. The Bertz CT molecular complexity index is 1360. The van der Waals surface area contributed by atoms with Crippen LogP contribution in [0.4, 0.5) is 0 Å². The Balaban J connectivity index is 1.32. The Hall–Kier alpha value is -2.88. The van der Waals surface area contributed by atoms with E-state index in [1.54, 1.807) is 13.4 Å². The van der Waals surface area contributed by atoms with Crippen LogP contribution in [-0.4, -0.2) is 48.9 Å². The van der Waals surface area contributed by atoms with Crippen molar-refractivity contribution < 1.29 is 9.29 Å². The molecule has 2 aliphatic rings. The van der Waals surface area contributed by atoms with Crippen molar-refractivity contribution in [3.05, 3.63) is 47.8 Å². The maximum atomic E-state index is 11.5. The number of hydrogen-bond acceptors (Lipinski definition) is 6. The maximum absolute atomic E-state index is 11.5. The van der Waals surface area contributed by atoms with Gasteiger partial charge in [0.25, 0.3) is 0 Å². The van der Waals surface area contributed by atoms with E-state index in [9.17, 15) is 4.55 Å². The van der Waals surface area contributed by atoms with Gasteiger partial charge in [-0.2, -0.15) is 10.2 Å². The molecular weight excluding hydrogens is 460 g/mol. The lowest BCUT2D eigenvalue weighted by atomic mass is 9.92. The van der Waals surface area contributed by atoms with Crippen molar-refractivity contribution >= 4 is 22.4 Å². The monoisotopic (exact) mass is 490 g/mol. The Morgan fingerprint density at radius 2 is 2.03 bits per heavy atom. The van der Waals surface area contributed by atoms with E-state index < -0.39 is 11.4 Å². The number of benzene rings is 1. The highest BCUT2D eigenvalue weighted by atomic mass is 32.2. The third kappa shape index (κ3) is 4.22. The van der Waals surface area contributed by atoms with Gasteiger partial charge in [0.05, 0.1) is 30.9 Å². The van der Waals surface area contributed by atoms with Crippen LogP contribution in [0.25, 0.3) is 33.5 Å². The van der Waals surface area contributed by atoms with Gasteiger partial charge in [-0.3, -0.25) is 9.78 Å². The Morgan fingerprint density at radius 1 is 1.17 bits per heavy atom. The summed E-state index contributed by atoms with van der Waals surface area (Å²) in [4.78, 5) is 5.10. The Kier molecular flexibility index (Phi) is 5.99. The van der Waals surface area contributed by atoms with Crippen LogP contribution in [0.3, 0.4) is 0 Å². The van der Waals surface area contributed by atoms with Crippen LogP contribution in [0.2, 0.25) is 0 Å². The summed E-state index contributed by atoms with van der Waals surface area (Å²) < 4.78 is 22.4. The molecular formula is C26H30N6O2S. The Morgan fingerprint density at radius 3 is 2.83 bits per heavy atom. The highest BCUT2D eigenvalue weighted by molar-refractivity contribution is 7.88. The number of pyridine rings is 1. The van der Waals surface area contributed by atoms with Crippen molar-refractivity contribution in [2.75, 3.05) is 13.4 Å². The molecule has 1 unspecified atom stereocenters. The Labute approximate surface area is 207 Å². The molecule has 35 heavy (non-hydrogen) atoms. The summed E-state index contributed by atoms with van der Waals surface area (Å²) in [5.74, 6) is 0.752. The number of hydrogen-bond donors (Lipinski definition) is 2. The van der Waals surface area contributed by atoms with Gasteiger partial charge in [-0.15, -0.1) is 4.72 Å². The lowest BCUT2D eigenvalue weighted by Gasteiger charge is -2.28. The number of aromatic amines is 1. The minimum absolute atomic E-state index is 0.319. The highest BCUT2D eigenvalue weighted by Crippen LogP contribution is 2.39. The predicted octanol–water partition coefficient (Wildman–Crippen LogP) is 4.35. The van der Waals surface area contributed by atoms with Crippen molar-refractivity contribution in [2.24, 2.45) is 0 Å². The standard InChI is InChI=1S/C26H30N6O2S/c1-34-23-13-22-26(28-25(23)21-8-4-6-16-5-3-7-20(16)21)24(30-29-22)17-14-27-32(15-17)19-11-9-18(10-12-19)31-35(2)33/h4,6,8,13-15,18-19,31H,3,5,7,9-12H2,1-2H3,(H,29,30). The molecule has 2 aliphatic carbocycles. The summed E-state index contributed by atoms with van der Waals surface area (Å²) in [6.07, 6.45) is 13.1. The molecule has 0 saturated heterocycles. The number of nitrogens with one attached hydrogen (secondary N) is 2. The molecule has 0 bridgehead atoms. The van der Waals surface area contributed by atoms with Crippen LogP contribution < -0.4 is 9.46 Å². The number of H-pyrrole nitrogens is 1. The second-order valence-corrected chi connectivity index (χ2v) is 10.7. The van der Waals surface area contributed by atoms with Crippen LogP contribution in [0, 0.1) is 0 Å². The molecule has 8 nitrogen and oxygen atoms in total. The van der Waals surface area contributed by atoms with E-state index in [0.29, 0.717) is 12.1 Å². The van der Waals surface area contributed by atoms with Gasteiger partial charge in [0, 0.05) is 34.8 Å². The number of methoxy groups -OCH3 is 1. The minimum Gasteiger partial charge on any atom is -0.598 e. The molecule has 0 amide bonds. The molecule has 0 radical (unpaired) electrons. The van der Waals surface area contributed by atoms with Gasteiger partial charge in [0.2, 0.25) is 0 Å². The average molecular weight is 491 g/mol. The number of aromatic nitrogens is 5. The van der Waals surface area contributed by atoms with E-state index in [-0.39, 0.29) is 0 Å². The summed E-state index contributed by atoms with van der Waals surface area (Å²) in [6, 6.07) is 9.15.